The van der Waals surface area contributed by atoms with E-state index in [2.05, 4.69) is 45.2 Å². The van der Waals surface area contributed by atoms with Crippen molar-refractivity contribution in [2.24, 2.45) is 5.92 Å². The average Bonchev–Trinajstić information content (AvgIpc) is 3.29. The van der Waals surface area contributed by atoms with Crippen molar-refractivity contribution in [1.82, 2.24) is 19.6 Å². The van der Waals surface area contributed by atoms with Gasteiger partial charge in [-0.15, -0.1) is 0 Å². The van der Waals surface area contributed by atoms with E-state index in [0.717, 1.165) is 12.2 Å². The number of aryl methyl sites for hydroxylation is 1. The molecule has 5 heterocycles. The van der Waals surface area contributed by atoms with Crippen LogP contribution in [0.15, 0.2) is 42.6 Å². The Bertz CT molecular complexity index is 793. The quantitative estimate of drug-likeness (QED) is 0.853. The predicted octanol–water partition coefficient (Wildman–Crippen LogP) is 2.28. The van der Waals surface area contributed by atoms with E-state index in [-0.39, 0.29) is 5.91 Å². The van der Waals surface area contributed by atoms with Crippen LogP contribution in [-0.4, -0.2) is 57.2 Å². The molecule has 5 heteroatoms. The fourth-order valence-electron chi connectivity index (χ4n) is 5.48. The highest BCUT2D eigenvalue weighted by Crippen LogP contribution is 2.46. The third-order valence-corrected chi connectivity index (χ3v) is 6.76. The monoisotopic (exact) mass is 350 g/mol. The van der Waals surface area contributed by atoms with Gasteiger partial charge >= 0.3 is 0 Å². The van der Waals surface area contributed by atoms with E-state index in [0.29, 0.717) is 30.5 Å². The highest BCUT2D eigenvalue weighted by atomic mass is 16.2. The van der Waals surface area contributed by atoms with Crippen LogP contribution in [-0.2, 0) is 11.3 Å². The molecule has 26 heavy (non-hydrogen) atoms. The van der Waals surface area contributed by atoms with Crippen LogP contribution >= 0.6 is 0 Å². The van der Waals surface area contributed by atoms with E-state index in [1.807, 2.05) is 17.7 Å². The Morgan fingerprint density at radius 1 is 1.12 bits per heavy atom. The van der Waals surface area contributed by atoms with Gasteiger partial charge in [-0.05, 0) is 50.4 Å². The molecule has 1 amide bonds. The molecule has 1 aromatic heterocycles. The number of benzene rings is 1. The summed E-state index contributed by atoms with van der Waals surface area (Å²) in [6.07, 6.45) is 4.23. The Kier molecular flexibility index (Phi) is 3.85. The number of carbonyl (C=O) groups is 1. The molecule has 0 aliphatic carbocycles. The van der Waals surface area contributed by atoms with Crippen LogP contribution in [0.4, 0.5) is 0 Å². The van der Waals surface area contributed by atoms with Crippen molar-refractivity contribution in [1.29, 1.82) is 0 Å². The second-order valence-electron chi connectivity index (χ2n) is 8.05. The Balaban J connectivity index is 1.46. The van der Waals surface area contributed by atoms with E-state index in [1.54, 1.807) is 6.20 Å². The summed E-state index contributed by atoms with van der Waals surface area (Å²) in [6.45, 7) is 5.58. The summed E-state index contributed by atoms with van der Waals surface area (Å²) in [6, 6.07) is 13.6. The molecule has 4 fully saturated rings. The van der Waals surface area contributed by atoms with E-state index in [9.17, 15) is 4.79 Å². The Hall–Kier alpha value is -2.14. The smallest absolute Gasteiger partial charge is 0.244 e. The number of piperidine rings is 3. The molecule has 5 nitrogen and oxygen atoms in total. The molecule has 3 atom stereocenters. The zero-order valence-electron chi connectivity index (χ0n) is 15.3. The first-order chi connectivity index (χ1) is 12.7. The van der Waals surface area contributed by atoms with Crippen LogP contribution < -0.4 is 0 Å². The van der Waals surface area contributed by atoms with E-state index >= 15 is 0 Å². The molecule has 6 rings (SSSR count). The molecule has 4 saturated heterocycles. The number of aromatic nitrogens is 2. The number of carbonyl (C=O) groups excluding carboxylic acids is 1. The van der Waals surface area contributed by atoms with Crippen molar-refractivity contribution < 1.29 is 4.79 Å². The molecule has 4 aliphatic heterocycles. The maximum atomic E-state index is 13.2. The number of amides is 1. The minimum absolute atomic E-state index is 0.221. The van der Waals surface area contributed by atoms with Crippen LogP contribution in [0.5, 0.6) is 0 Å². The molecule has 4 aliphatic rings. The van der Waals surface area contributed by atoms with Gasteiger partial charge in [-0.2, -0.15) is 5.10 Å². The van der Waals surface area contributed by atoms with Gasteiger partial charge in [-0.25, -0.2) is 0 Å². The van der Waals surface area contributed by atoms with Gasteiger partial charge in [-0.1, -0.05) is 30.3 Å². The largest absolute Gasteiger partial charge is 0.336 e. The Labute approximate surface area is 154 Å². The van der Waals surface area contributed by atoms with Crippen LogP contribution in [0, 0.1) is 12.8 Å². The van der Waals surface area contributed by atoms with Crippen LogP contribution in [0.25, 0.3) is 0 Å². The molecule has 136 valence electrons. The lowest BCUT2D eigenvalue weighted by atomic mass is 9.75. The van der Waals surface area contributed by atoms with Crippen molar-refractivity contribution in [3.05, 3.63) is 53.9 Å². The summed E-state index contributed by atoms with van der Waals surface area (Å²) in [5, 5.41) is 4.32. The van der Waals surface area contributed by atoms with Gasteiger partial charge in [-0.3, -0.25) is 14.4 Å². The number of rotatable bonds is 3. The minimum atomic E-state index is 0.221. The van der Waals surface area contributed by atoms with Gasteiger partial charge in [0.15, 0.2) is 0 Å². The first-order valence-electron chi connectivity index (χ1n) is 9.79. The second kappa shape index (κ2) is 6.23. The predicted molar refractivity (Wildman–Crippen MR) is 99.7 cm³/mol. The standard InChI is InChI=1S/C21H26N4O/c1-15-7-10-22-25(15)14-19(26)24-13-18(16-5-3-2-4-6-16)21-20(24)17-8-11-23(21)12-9-17/h2-7,10,17-18,20-21H,8-9,11-14H2,1H3/t18-,20+,21+/m1/s1. The van der Waals surface area contributed by atoms with Crippen LogP contribution in [0.3, 0.4) is 0 Å². The van der Waals surface area contributed by atoms with E-state index in [4.69, 9.17) is 0 Å². The topological polar surface area (TPSA) is 41.4 Å². The molecule has 2 bridgehead atoms. The minimum Gasteiger partial charge on any atom is -0.336 e. The summed E-state index contributed by atoms with van der Waals surface area (Å²) >= 11 is 0. The maximum Gasteiger partial charge on any atom is 0.244 e. The van der Waals surface area contributed by atoms with Crippen molar-refractivity contribution in [3.63, 3.8) is 0 Å². The van der Waals surface area contributed by atoms with Crippen molar-refractivity contribution >= 4 is 5.91 Å². The average molecular weight is 350 g/mol. The molecular weight excluding hydrogens is 324 g/mol. The van der Waals surface area contributed by atoms with Gasteiger partial charge in [0.2, 0.25) is 5.91 Å². The van der Waals surface area contributed by atoms with Gasteiger partial charge in [0, 0.05) is 30.4 Å². The Morgan fingerprint density at radius 3 is 2.58 bits per heavy atom. The SMILES string of the molecule is Cc1ccnn1CC(=O)N1C[C@H](c2ccccc2)[C@H]2[C@@H]1C1CCN2CC1. The number of hydrogen-bond donors (Lipinski definition) is 0. The Morgan fingerprint density at radius 2 is 1.88 bits per heavy atom. The summed E-state index contributed by atoms with van der Waals surface area (Å²) in [4.78, 5) is 18.1. The van der Waals surface area contributed by atoms with Gasteiger partial charge in [0.25, 0.3) is 0 Å². The third-order valence-electron chi connectivity index (χ3n) is 6.76. The van der Waals surface area contributed by atoms with Gasteiger partial charge in [0.05, 0.1) is 6.04 Å². The molecule has 0 spiro atoms. The van der Waals surface area contributed by atoms with Crippen LogP contribution in [0.1, 0.15) is 30.0 Å². The first kappa shape index (κ1) is 16.1. The summed E-state index contributed by atoms with van der Waals surface area (Å²) in [5.74, 6) is 1.30. The molecule has 1 aromatic carbocycles. The fraction of sp³-hybridized carbons (Fsp3) is 0.524. The van der Waals surface area contributed by atoms with Crippen molar-refractivity contribution in [2.45, 2.75) is 44.3 Å². The number of nitrogens with zero attached hydrogens (tertiary/aromatic N) is 4. The van der Waals surface area contributed by atoms with E-state index in [1.165, 1.54) is 31.5 Å². The lowest BCUT2D eigenvalue weighted by Gasteiger charge is -2.51. The fourth-order valence-corrected chi connectivity index (χ4v) is 5.48. The van der Waals surface area contributed by atoms with Gasteiger partial charge in [0.1, 0.15) is 6.54 Å². The van der Waals surface area contributed by atoms with E-state index < -0.39 is 0 Å². The molecule has 0 unspecified atom stereocenters. The maximum absolute atomic E-state index is 13.2. The summed E-state index contributed by atoms with van der Waals surface area (Å²) < 4.78 is 1.83. The summed E-state index contributed by atoms with van der Waals surface area (Å²) in [7, 11) is 0. The van der Waals surface area contributed by atoms with Crippen molar-refractivity contribution in [3.8, 4) is 0 Å². The summed E-state index contributed by atoms with van der Waals surface area (Å²) in [5.41, 5.74) is 2.42. The zero-order valence-corrected chi connectivity index (χ0v) is 15.3. The third kappa shape index (κ3) is 2.49. The molecule has 0 N–H and O–H groups in total. The zero-order chi connectivity index (χ0) is 17.7. The van der Waals surface area contributed by atoms with Crippen LogP contribution in [0.2, 0.25) is 0 Å². The second-order valence-corrected chi connectivity index (χ2v) is 8.05. The normalized spacial score (nSPS) is 32.7. The molecule has 0 radical (unpaired) electrons. The van der Waals surface area contributed by atoms with Gasteiger partial charge < -0.3 is 4.90 Å². The number of hydrogen-bond acceptors (Lipinski definition) is 3. The lowest BCUT2D eigenvalue weighted by Crippen LogP contribution is -2.61. The lowest BCUT2D eigenvalue weighted by molar-refractivity contribution is -0.136. The molecule has 2 aromatic rings. The van der Waals surface area contributed by atoms with Crippen molar-refractivity contribution in [2.75, 3.05) is 19.6 Å². The number of likely N-dealkylation sites (tertiary alicyclic amines) is 1. The first-order valence-corrected chi connectivity index (χ1v) is 9.79. The highest BCUT2D eigenvalue weighted by molar-refractivity contribution is 5.77. The molecule has 0 saturated carbocycles. The molecular formula is C21H26N4O. The highest BCUT2D eigenvalue weighted by Gasteiger charge is 2.54. The number of fused-ring (bicyclic) bond motifs is 2.